The number of nitrogens with one attached hydrogen (secondary N) is 1. The smallest absolute Gasteiger partial charge is 0.187 e. The van der Waals surface area contributed by atoms with Crippen molar-refractivity contribution in [2.45, 2.75) is 6.29 Å². The van der Waals surface area contributed by atoms with Crippen molar-refractivity contribution in [1.82, 2.24) is 10.2 Å². The molecule has 0 saturated carbocycles. The van der Waals surface area contributed by atoms with Crippen molar-refractivity contribution in [3.8, 4) is 17.0 Å². The number of benzene rings is 1. The highest BCUT2D eigenvalue weighted by atomic mass is 16.7. The molecule has 1 fully saturated rings. The van der Waals surface area contributed by atoms with Crippen LogP contribution in [0.5, 0.6) is 5.75 Å². The Kier molecular flexibility index (Phi) is 3.00. The zero-order valence-electron chi connectivity index (χ0n) is 10.1. The van der Waals surface area contributed by atoms with Crippen molar-refractivity contribution in [2.75, 3.05) is 20.3 Å². The topological polar surface area (TPSA) is 56.4 Å². The van der Waals surface area contributed by atoms with E-state index < -0.39 is 0 Å². The Balaban J connectivity index is 1.93. The van der Waals surface area contributed by atoms with Gasteiger partial charge in [0.1, 0.15) is 5.75 Å². The molecule has 1 aromatic carbocycles. The van der Waals surface area contributed by atoms with E-state index in [2.05, 4.69) is 10.2 Å². The van der Waals surface area contributed by atoms with Gasteiger partial charge < -0.3 is 14.2 Å². The highest BCUT2D eigenvalue weighted by Gasteiger charge is 2.23. The van der Waals surface area contributed by atoms with Gasteiger partial charge in [0.15, 0.2) is 6.29 Å². The zero-order valence-corrected chi connectivity index (χ0v) is 10.1. The highest BCUT2D eigenvalue weighted by Crippen LogP contribution is 2.31. The van der Waals surface area contributed by atoms with Crippen molar-refractivity contribution < 1.29 is 14.2 Å². The van der Waals surface area contributed by atoms with E-state index in [0.29, 0.717) is 13.2 Å². The lowest BCUT2D eigenvalue weighted by atomic mass is 10.1. The van der Waals surface area contributed by atoms with E-state index in [4.69, 9.17) is 14.2 Å². The van der Waals surface area contributed by atoms with E-state index in [1.807, 2.05) is 24.3 Å². The van der Waals surface area contributed by atoms with Gasteiger partial charge in [0.05, 0.1) is 37.8 Å². The number of hydrogen-bond acceptors (Lipinski definition) is 4. The van der Waals surface area contributed by atoms with Crippen molar-refractivity contribution in [1.29, 1.82) is 0 Å². The minimum absolute atomic E-state index is 0.319. The molecule has 18 heavy (non-hydrogen) atoms. The van der Waals surface area contributed by atoms with Gasteiger partial charge >= 0.3 is 0 Å². The second-order valence-corrected chi connectivity index (χ2v) is 4.00. The van der Waals surface area contributed by atoms with Crippen LogP contribution in [0.25, 0.3) is 11.3 Å². The van der Waals surface area contributed by atoms with Gasteiger partial charge in [0, 0.05) is 5.56 Å². The molecule has 0 amide bonds. The summed E-state index contributed by atoms with van der Waals surface area (Å²) >= 11 is 0. The van der Waals surface area contributed by atoms with Crippen LogP contribution >= 0.6 is 0 Å². The number of nitrogens with zero attached hydrogens (tertiary/aromatic N) is 1. The van der Waals surface area contributed by atoms with Crippen molar-refractivity contribution in [3.63, 3.8) is 0 Å². The van der Waals surface area contributed by atoms with Crippen LogP contribution < -0.4 is 4.74 Å². The molecule has 1 saturated heterocycles. The van der Waals surface area contributed by atoms with E-state index in [9.17, 15) is 0 Å². The molecular weight excluding hydrogens is 232 g/mol. The number of hydrogen-bond donors (Lipinski definition) is 1. The maximum Gasteiger partial charge on any atom is 0.187 e. The molecule has 0 spiro atoms. The van der Waals surface area contributed by atoms with Gasteiger partial charge in [-0.1, -0.05) is 0 Å². The lowest BCUT2D eigenvalue weighted by molar-refractivity contribution is -0.0436. The maximum atomic E-state index is 5.50. The summed E-state index contributed by atoms with van der Waals surface area (Å²) in [6, 6.07) is 7.78. The quantitative estimate of drug-likeness (QED) is 0.901. The van der Waals surface area contributed by atoms with Crippen LogP contribution in [0.1, 0.15) is 11.9 Å². The van der Waals surface area contributed by atoms with Gasteiger partial charge in [0.2, 0.25) is 0 Å². The number of rotatable bonds is 3. The Labute approximate surface area is 105 Å². The molecule has 5 heteroatoms. The van der Waals surface area contributed by atoms with Crippen LogP contribution in [0.3, 0.4) is 0 Å². The molecular formula is C13H14N2O3. The minimum Gasteiger partial charge on any atom is -0.497 e. The first kappa shape index (κ1) is 11.3. The highest BCUT2D eigenvalue weighted by molar-refractivity contribution is 5.63. The molecule has 3 rings (SSSR count). The minimum atomic E-state index is -0.319. The van der Waals surface area contributed by atoms with Crippen LogP contribution in [0.2, 0.25) is 0 Å². The lowest BCUT2D eigenvalue weighted by Gasteiger charge is -2.09. The van der Waals surface area contributed by atoms with Crippen LogP contribution in [0.4, 0.5) is 0 Å². The Hall–Kier alpha value is -1.85. The Morgan fingerprint density at radius 2 is 1.94 bits per heavy atom. The monoisotopic (exact) mass is 246 g/mol. The number of methoxy groups -OCH3 is 1. The summed E-state index contributed by atoms with van der Waals surface area (Å²) in [6.45, 7) is 1.25. The molecule has 94 valence electrons. The van der Waals surface area contributed by atoms with Gasteiger partial charge in [-0.3, -0.25) is 5.10 Å². The summed E-state index contributed by atoms with van der Waals surface area (Å²) in [5.74, 6) is 0.827. The van der Waals surface area contributed by atoms with E-state index in [-0.39, 0.29) is 6.29 Å². The summed E-state index contributed by atoms with van der Waals surface area (Å²) < 4.78 is 16.1. The molecule has 0 unspecified atom stereocenters. The molecule has 0 atom stereocenters. The predicted molar refractivity (Wildman–Crippen MR) is 65.2 cm³/mol. The normalized spacial score (nSPS) is 16.1. The molecule has 1 aliphatic rings. The van der Waals surface area contributed by atoms with Crippen LogP contribution in [0.15, 0.2) is 30.5 Å². The van der Waals surface area contributed by atoms with Gasteiger partial charge in [-0.05, 0) is 24.3 Å². The second-order valence-electron chi connectivity index (χ2n) is 4.00. The fraction of sp³-hybridized carbons (Fsp3) is 0.308. The van der Waals surface area contributed by atoms with Gasteiger partial charge in [-0.25, -0.2) is 0 Å². The summed E-state index contributed by atoms with van der Waals surface area (Å²) in [4.78, 5) is 0. The van der Waals surface area contributed by atoms with Crippen molar-refractivity contribution in [2.24, 2.45) is 0 Å². The average molecular weight is 246 g/mol. The van der Waals surface area contributed by atoms with Crippen molar-refractivity contribution >= 4 is 0 Å². The predicted octanol–water partition coefficient (Wildman–Crippen LogP) is 2.13. The van der Waals surface area contributed by atoms with Gasteiger partial charge in [-0.15, -0.1) is 0 Å². The van der Waals surface area contributed by atoms with Crippen LogP contribution in [-0.2, 0) is 9.47 Å². The summed E-state index contributed by atoms with van der Waals surface area (Å²) in [5.41, 5.74) is 2.88. The number of H-pyrrole nitrogens is 1. The number of aromatic amines is 1. The molecule has 0 aliphatic carbocycles. The largest absolute Gasteiger partial charge is 0.497 e. The third kappa shape index (κ3) is 1.98. The fourth-order valence-electron chi connectivity index (χ4n) is 2.00. The molecule has 2 heterocycles. The summed E-state index contributed by atoms with van der Waals surface area (Å²) in [5, 5.41) is 7.06. The summed E-state index contributed by atoms with van der Waals surface area (Å²) in [7, 11) is 1.65. The average Bonchev–Trinajstić information content (AvgIpc) is 3.09. The molecule has 1 aromatic heterocycles. The number of aromatic nitrogens is 2. The molecule has 5 nitrogen and oxygen atoms in total. The van der Waals surface area contributed by atoms with E-state index in [1.165, 1.54) is 0 Å². The first-order valence-electron chi connectivity index (χ1n) is 5.79. The molecule has 0 radical (unpaired) electrons. The fourth-order valence-corrected chi connectivity index (χ4v) is 2.00. The standard InChI is InChI=1S/C13H14N2O3/c1-16-10-4-2-9(3-5-10)12-11(8-14-15-12)13-17-6-7-18-13/h2-5,8,13H,6-7H2,1H3,(H,14,15). The number of ether oxygens (including phenoxy) is 3. The van der Waals surface area contributed by atoms with Crippen molar-refractivity contribution in [3.05, 3.63) is 36.0 Å². The third-order valence-corrected chi connectivity index (χ3v) is 2.92. The molecule has 1 aliphatic heterocycles. The van der Waals surface area contributed by atoms with E-state index >= 15 is 0 Å². The Bertz CT molecular complexity index is 515. The van der Waals surface area contributed by atoms with E-state index in [1.54, 1.807) is 13.3 Å². The third-order valence-electron chi connectivity index (χ3n) is 2.92. The first-order valence-corrected chi connectivity index (χ1v) is 5.79. The van der Waals surface area contributed by atoms with E-state index in [0.717, 1.165) is 22.6 Å². The molecule has 1 N–H and O–H groups in total. The Morgan fingerprint density at radius 1 is 1.22 bits per heavy atom. The van der Waals surface area contributed by atoms with Gasteiger partial charge in [0.25, 0.3) is 0 Å². The van der Waals surface area contributed by atoms with Crippen LogP contribution in [0, 0.1) is 0 Å². The molecule has 2 aromatic rings. The van der Waals surface area contributed by atoms with Crippen LogP contribution in [-0.4, -0.2) is 30.5 Å². The Morgan fingerprint density at radius 3 is 2.61 bits per heavy atom. The molecule has 0 bridgehead atoms. The zero-order chi connectivity index (χ0) is 12.4. The lowest BCUT2D eigenvalue weighted by Crippen LogP contribution is -1.98. The van der Waals surface area contributed by atoms with Gasteiger partial charge in [-0.2, -0.15) is 5.10 Å². The maximum absolute atomic E-state index is 5.50. The SMILES string of the molecule is COc1ccc(-c2[nH]ncc2C2OCCO2)cc1. The first-order chi connectivity index (χ1) is 8.88. The second kappa shape index (κ2) is 4.80. The summed E-state index contributed by atoms with van der Waals surface area (Å²) in [6.07, 6.45) is 1.43.